The van der Waals surface area contributed by atoms with E-state index in [1.54, 1.807) is 24.4 Å². The van der Waals surface area contributed by atoms with Gasteiger partial charge in [0.1, 0.15) is 0 Å². The molecule has 2 aromatic rings. The third-order valence-corrected chi connectivity index (χ3v) is 3.65. The lowest BCUT2D eigenvalue weighted by molar-refractivity contribution is 0.104. The average molecular weight is 320 g/mol. The summed E-state index contributed by atoms with van der Waals surface area (Å²) >= 11 is 11.7. The van der Waals surface area contributed by atoms with E-state index >= 15 is 0 Å². The van der Waals surface area contributed by atoms with Gasteiger partial charge in [-0.1, -0.05) is 29.3 Å². The van der Waals surface area contributed by atoms with Gasteiger partial charge in [-0.2, -0.15) is 0 Å². The minimum Gasteiger partial charge on any atom is -0.362 e. The van der Waals surface area contributed by atoms with Gasteiger partial charge < -0.3 is 5.32 Å². The Hall–Kier alpha value is -1.77. The number of aryl methyl sites for hydroxylation is 2. The summed E-state index contributed by atoms with van der Waals surface area (Å²) in [5.41, 5.74) is 3.79. The van der Waals surface area contributed by atoms with Crippen LogP contribution in [-0.2, 0) is 0 Å². The summed E-state index contributed by atoms with van der Waals surface area (Å²) in [6.45, 7) is 4.06. The van der Waals surface area contributed by atoms with Crippen molar-refractivity contribution in [3.8, 4) is 0 Å². The molecule has 4 heteroatoms. The lowest BCUT2D eigenvalue weighted by Crippen LogP contribution is -1.96. The molecule has 0 aliphatic heterocycles. The monoisotopic (exact) mass is 319 g/mol. The molecule has 108 valence electrons. The second-order valence-electron chi connectivity index (χ2n) is 4.85. The number of carbonyl (C=O) groups excluding carboxylic acids is 1. The molecule has 0 saturated heterocycles. The molecule has 2 aromatic carbocycles. The summed E-state index contributed by atoms with van der Waals surface area (Å²) in [5, 5.41) is 3.90. The van der Waals surface area contributed by atoms with E-state index in [9.17, 15) is 4.79 Å². The SMILES string of the molecule is Cc1cc(C)cc(N/C=C\C(=O)c2ccc(Cl)c(Cl)c2)c1. The van der Waals surface area contributed by atoms with E-state index in [1.807, 2.05) is 26.0 Å². The molecule has 0 unspecified atom stereocenters. The summed E-state index contributed by atoms with van der Waals surface area (Å²) in [5.74, 6) is -0.134. The Morgan fingerprint density at radius 1 is 1.00 bits per heavy atom. The Kier molecular flexibility index (Phi) is 5.05. The first-order chi connectivity index (χ1) is 9.95. The van der Waals surface area contributed by atoms with Crippen molar-refractivity contribution in [3.63, 3.8) is 0 Å². The molecule has 0 amide bonds. The summed E-state index contributed by atoms with van der Waals surface area (Å²) in [4.78, 5) is 12.0. The first-order valence-corrected chi connectivity index (χ1v) is 7.22. The van der Waals surface area contributed by atoms with Gasteiger partial charge in [0.15, 0.2) is 5.78 Å². The highest BCUT2D eigenvalue weighted by atomic mass is 35.5. The number of nitrogens with one attached hydrogen (secondary N) is 1. The topological polar surface area (TPSA) is 29.1 Å². The molecule has 0 aliphatic rings. The van der Waals surface area contributed by atoms with Crippen LogP contribution in [0.25, 0.3) is 0 Å². The van der Waals surface area contributed by atoms with Crippen LogP contribution >= 0.6 is 23.2 Å². The fourth-order valence-electron chi connectivity index (χ4n) is 2.02. The Morgan fingerprint density at radius 2 is 1.67 bits per heavy atom. The minimum absolute atomic E-state index is 0.134. The van der Waals surface area contributed by atoms with Crippen molar-refractivity contribution in [3.05, 3.63) is 75.4 Å². The van der Waals surface area contributed by atoms with E-state index in [4.69, 9.17) is 23.2 Å². The van der Waals surface area contributed by atoms with E-state index < -0.39 is 0 Å². The highest BCUT2D eigenvalue weighted by molar-refractivity contribution is 6.42. The van der Waals surface area contributed by atoms with E-state index in [1.165, 1.54) is 17.2 Å². The van der Waals surface area contributed by atoms with Crippen molar-refractivity contribution in [2.45, 2.75) is 13.8 Å². The number of allylic oxidation sites excluding steroid dienone is 1. The number of hydrogen-bond donors (Lipinski definition) is 1. The Labute approximate surface area is 134 Å². The number of carbonyl (C=O) groups is 1. The van der Waals surface area contributed by atoms with E-state index in [2.05, 4.69) is 11.4 Å². The van der Waals surface area contributed by atoms with Gasteiger partial charge in [-0.15, -0.1) is 0 Å². The van der Waals surface area contributed by atoms with Gasteiger partial charge in [0, 0.05) is 23.5 Å². The number of ketones is 1. The molecule has 0 aliphatic carbocycles. The number of anilines is 1. The third-order valence-electron chi connectivity index (χ3n) is 2.91. The molecular formula is C17H15Cl2NO. The van der Waals surface area contributed by atoms with Gasteiger partial charge in [-0.05, 0) is 55.3 Å². The van der Waals surface area contributed by atoms with Crippen molar-refractivity contribution in [1.82, 2.24) is 0 Å². The number of rotatable bonds is 4. The second-order valence-corrected chi connectivity index (χ2v) is 5.66. The standard InChI is InChI=1S/C17H15Cl2NO/c1-11-7-12(2)9-14(8-11)20-6-5-17(21)13-3-4-15(18)16(19)10-13/h3-10,20H,1-2H3/b6-5-. The maximum absolute atomic E-state index is 12.0. The number of benzene rings is 2. The van der Waals surface area contributed by atoms with Gasteiger partial charge in [0.25, 0.3) is 0 Å². The minimum atomic E-state index is -0.134. The smallest absolute Gasteiger partial charge is 0.187 e. The van der Waals surface area contributed by atoms with Crippen LogP contribution in [0.3, 0.4) is 0 Å². The zero-order chi connectivity index (χ0) is 15.4. The summed E-state index contributed by atoms with van der Waals surface area (Å²) in [7, 11) is 0. The Bertz CT molecular complexity index is 688. The number of halogens is 2. The summed E-state index contributed by atoms with van der Waals surface area (Å²) in [6.07, 6.45) is 3.09. The molecule has 0 atom stereocenters. The van der Waals surface area contributed by atoms with Crippen molar-refractivity contribution in [2.24, 2.45) is 0 Å². The van der Waals surface area contributed by atoms with E-state index in [0.29, 0.717) is 15.6 Å². The first-order valence-electron chi connectivity index (χ1n) is 6.46. The van der Waals surface area contributed by atoms with Gasteiger partial charge in [0.2, 0.25) is 0 Å². The highest BCUT2D eigenvalue weighted by Crippen LogP contribution is 2.23. The predicted molar refractivity (Wildman–Crippen MR) is 89.5 cm³/mol. The van der Waals surface area contributed by atoms with Crippen molar-refractivity contribution in [2.75, 3.05) is 5.32 Å². The summed E-state index contributed by atoms with van der Waals surface area (Å²) in [6, 6.07) is 10.9. The van der Waals surface area contributed by atoms with Crippen LogP contribution in [0, 0.1) is 13.8 Å². The van der Waals surface area contributed by atoms with Gasteiger partial charge in [-0.25, -0.2) is 0 Å². The molecule has 1 N–H and O–H groups in total. The first kappa shape index (κ1) is 15.6. The van der Waals surface area contributed by atoms with Crippen LogP contribution in [0.5, 0.6) is 0 Å². The molecule has 2 nitrogen and oxygen atoms in total. The van der Waals surface area contributed by atoms with E-state index in [-0.39, 0.29) is 5.78 Å². The molecule has 0 fully saturated rings. The zero-order valence-electron chi connectivity index (χ0n) is 11.8. The van der Waals surface area contributed by atoms with Crippen LogP contribution in [0.1, 0.15) is 21.5 Å². The fourth-order valence-corrected chi connectivity index (χ4v) is 2.32. The van der Waals surface area contributed by atoms with Crippen molar-refractivity contribution < 1.29 is 4.79 Å². The van der Waals surface area contributed by atoms with Gasteiger partial charge in [-0.3, -0.25) is 4.79 Å². The molecular weight excluding hydrogens is 305 g/mol. The van der Waals surface area contributed by atoms with Crippen LogP contribution < -0.4 is 5.32 Å². The molecule has 0 aromatic heterocycles. The van der Waals surface area contributed by atoms with Crippen LogP contribution in [-0.4, -0.2) is 5.78 Å². The Morgan fingerprint density at radius 3 is 2.29 bits per heavy atom. The van der Waals surface area contributed by atoms with Crippen LogP contribution in [0.15, 0.2) is 48.7 Å². The quantitative estimate of drug-likeness (QED) is 0.602. The molecule has 0 saturated carbocycles. The van der Waals surface area contributed by atoms with Crippen LogP contribution in [0.2, 0.25) is 10.0 Å². The third kappa shape index (κ3) is 4.35. The zero-order valence-corrected chi connectivity index (χ0v) is 13.3. The molecule has 0 heterocycles. The van der Waals surface area contributed by atoms with E-state index in [0.717, 1.165) is 5.69 Å². The Balaban J connectivity index is 2.06. The molecule has 2 rings (SSSR count). The fraction of sp³-hybridized carbons (Fsp3) is 0.118. The maximum atomic E-state index is 12.0. The predicted octanol–water partition coefficient (Wildman–Crippen LogP) is 5.42. The maximum Gasteiger partial charge on any atom is 0.187 e. The largest absolute Gasteiger partial charge is 0.362 e. The second kappa shape index (κ2) is 6.79. The molecule has 0 spiro atoms. The summed E-state index contributed by atoms with van der Waals surface area (Å²) < 4.78 is 0. The highest BCUT2D eigenvalue weighted by Gasteiger charge is 2.04. The van der Waals surface area contributed by atoms with Crippen molar-refractivity contribution in [1.29, 1.82) is 0 Å². The molecule has 21 heavy (non-hydrogen) atoms. The van der Waals surface area contributed by atoms with Gasteiger partial charge in [0.05, 0.1) is 10.0 Å². The molecule has 0 bridgehead atoms. The lowest BCUT2D eigenvalue weighted by atomic mass is 10.1. The normalized spacial score (nSPS) is 10.9. The number of hydrogen-bond acceptors (Lipinski definition) is 2. The van der Waals surface area contributed by atoms with Gasteiger partial charge >= 0.3 is 0 Å². The van der Waals surface area contributed by atoms with Crippen LogP contribution in [0.4, 0.5) is 5.69 Å². The molecule has 0 radical (unpaired) electrons. The van der Waals surface area contributed by atoms with Crippen molar-refractivity contribution >= 4 is 34.7 Å². The lowest BCUT2D eigenvalue weighted by Gasteiger charge is -2.04. The average Bonchev–Trinajstić information content (AvgIpc) is 2.40.